The molecule has 1 fully saturated rings. The number of hydrogen-bond donors (Lipinski definition) is 3. The van der Waals surface area contributed by atoms with Crippen molar-refractivity contribution in [3.63, 3.8) is 0 Å². The summed E-state index contributed by atoms with van der Waals surface area (Å²) in [6.45, 7) is 2.38. The minimum absolute atomic E-state index is 0. The second-order valence-electron chi connectivity index (χ2n) is 5.88. The molecule has 1 aliphatic carbocycles. The fourth-order valence-electron chi connectivity index (χ4n) is 2.43. The molecule has 1 aromatic rings. The molecular formula is C16H24ClN3O2. The maximum Gasteiger partial charge on any atom is 0.239 e. The summed E-state index contributed by atoms with van der Waals surface area (Å²) < 4.78 is 0. The van der Waals surface area contributed by atoms with Crippen LogP contribution >= 0.6 is 12.4 Å². The highest BCUT2D eigenvalue weighted by Gasteiger charge is 2.41. The Morgan fingerprint density at radius 2 is 1.86 bits per heavy atom. The molecule has 6 heteroatoms. The highest BCUT2D eigenvalue weighted by atomic mass is 35.5. The molecule has 0 heterocycles. The van der Waals surface area contributed by atoms with E-state index in [1.54, 1.807) is 0 Å². The maximum atomic E-state index is 11.9. The number of nitrogens with one attached hydrogen (secondary N) is 2. The Kier molecular flexibility index (Phi) is 6.84. The second-order valence-corrected chi connectivity index (χ2v) is 5.88. The normalized spacial score (nSPS) is 16.1. The van der Waals surface area contributed by atoms with Crippen LogP contribution in [0.15, 0.2) is 30.3 Å². The van der Waals surface area contributed by atoms with Gasteiger partial charge in [0.2, 0.25) is 11.8 Å². The summed E-state index contributed by atoms with van der Waals surface area (Å²) in [5.74, 6) is 0.125. The van der Waals surface area contributed by atoms with Crippen LogP contribution in [0.5, 0.6) is 0 Å². The average molecular weight is 326 g/mol. The van der Waals surface area contributed by atoms with Crippen molar-refractivity contribution in [2.75, 3.05) is 13.1 Å². The highest BCUT2D eigenvalue weighted by Crippen LogP contribution is 2.38. The summed E-state index contributed by atoms with van der Waals surface area (Å²) in [6.07, 6.45) is 2.49. The van der Waals surface area contributed by atoms with Gasteiger partial charge in [0.1, 0.15) is 0 Å². The molecule has 0 bridgehead atoms. The van der Waals surface area contributed by atoms with Crippen molar-refractivity contribution in [2.45, 2.75) is 31.7 Å². The minimum Gasteiger partial charge on any atom is -0.348 e. The summed E-state index contributed by atoms with van der Waals surface area (Å²) in [7, 11) is 0. The standard InChI is InChI=1S/C16H23N3O2.ClH/c1-16(11-17,13-7-8-13)19-15(21)10-18-14(20)9-12-5-3-2-4-6-12;/h2-6,13H,7-11,17H2,1H3,(H,18,20)(H,19,21);1H. The van der Waals surface area contributed by atoms with Crippen molar-refractivity contribution in [3.8, 4) is 0 Å². The lowest BCUT2D eigenvalue weighted by atomic mass is 9.96. The van der Waals surface area contributed by atoms with E-state index in [2.05, 4.69) is 10.6 Å². The Morgan fingerprint density at radius 3 is 2.41 bits per heavy atom. The first kappa shape index (κ1) is 18.5. The minimum atomic E-state index is -0.346. The zero-order chi connectivity index (χ0) is 15.3. The molecule has 1 saturated carbocycles. The largest absolute Gasteiger partial charge is 0.348 e. The molecule has 0 radical (unpaired) electrons. The predicted molar refractivity (Wildman–Crippen MR) is 88.7 cm³/mol. The highest BCUT2D eigenvalue weighted by molar-refractivity contribution is 5.86. The lowest BCUT2D eigenvalue weighted by Crippen LogP contribution is -2.55. The molecule has 0 saturated heterocycles. The van der Waals surface area contributed by atoms with Gasteiger partial charge in [-0.3, -0.25) is 9.59 Å². The van der Waals surface area contributed by atoms with E-state index in [-0.39, 0.29) is 42.7 Å². The van der Waals surface area contributed by atoms with E-state index in [1.165, 1.54) is 0 Å². The molecule has 1 atom stereocenters. The third-order valence-electron chi connectivity index (χ3n) is 3.98. The van der Waals surface area contributed by atoms with Crippen LogP contribution in [0.3, 0.4) is 0 Å². The summed E-state index contributed by atoms with van der Waals surface area (Å²) in [5, 5.41) is 5.59. The lowest BCUT2D eigenvalue weighted by molar-refractivity contribution is -0.126. The van der Waals surface area contributed by atoms with Gasteiger partial charge in [0.05, 0.1) is 18.5 Å². The van der Waals surface area contributed by atoms with E-state index >= 15 is 0 Å². The summed E-state index contributed by atoms with van der Waals surface area (Å²) in [6, 6.07) is 9.45. The van der Waals surface area contributed by atoms with Crippen molar-refractivity contribution in [1.29, 1.82) is 0 Å². The Bertz CT molecular complexity index is 505. The first-order chi connectivity index (χ1) is 10.0. The molecule has 1 unspecified atom stereocenters. The molecule has 2 rings (SSSR count). The van der Waals surface area contributed by atoms with Gasteiger partial charge in [-0.05, 0) is 31.2 Å². The van der Waals surface area contributed by atoms with Gasteiger partial charge in [-0.2, -0.15) is 0 Å². The zero-order valence-electron chi connectivity index (χ0n) is 12.8. The Balaban J connectivity index is 0.00000242. The van der Waals surface area contributed by atoms with Crippen LogP contribution in [0.4, 0.5) is 0 Å². The molecular weight excluding hydrogens is 302 g/mol. The molecule has 4 N–H and O–H groups in total. The molecule has 1 aromatic carbocycles. The van der Waals surface area contributed by atoms with Gasteiger partial charge in [-0.25, -0.2) is 0 Å². The van der Waals surface area contributed by atoms with Crippen LogP contribution in [0, 0.1) is 5.92 Å². The van der Waals surface area contributed by atoms with Crippen LogP contribution in [0.2, 0.25) is 0 Å². The molecule has 122 valence electrons. The number of carbonyl (C=O) groups excluding carboxylic acids is 2. The maximum absolute atomic E-state index is 11.9. The molecule has 0 aliphatic heterocycles. The monoisotopic (exact) mass is 325 g/mol. The molecule has 1 aliphatic rings. The second kappa shape index (κ2) is 8.15. The van der Waals surface area contributed by atoms with Crippen LogP contribution < -0.4 is 16.4 Å². The van der Waals surface area contributed by atoms with Gasteiger partial charge in [0.25, 0.3) is 0 Å². The van der Waals surface area contributed by atoms with Crippen molar-refractivity contribution in [2.24, 2.45) is 11.7 Å². The van der Waals surface area contributed by atoms with Crippen LogP contribution in [0.25, 0.3) is 0 Å². The quantitative estimate of drug-likeness (QED) is 0.699. The van der Waals surface area contributed by atoms with E-state index < -0.39 is 0 Å². The molecule has 0 spiro atoms. The van der Waals surface area contributed by atoms with Crippen molar-refractivity contribution in [1.82, 2.24) is 10.6 Å². The Labute approximate surface area is 137 Å². The molecule has 0 aromatic heterocycles. The Morgan fingerprint density at radius 1 is 1.23 bits per heavy atom. The summed E-state index contributed by atoms with van der Waals surface area (Å²) in [5.41, 5.74) is 6.34. The first-order valence-electron chi connectivity index (χ1n) is 7.35. The molecule has 5 nitrogen and oxygen atoms in total. The number of amides is 2. The van der Waals surface area contributed by atoms with E-state index in [0.717, 1.165) is 18.4 Å². The van der Waals surface area contributed by atoms with Gasteiger partial charge in [-0.15, -0.1) is 12.4 Å². The van der Waals surface area contributed by atoms with Gasteiger partial charge in [0.15, 0.2) is 0 Å². The topological polar surface area (TPSA) is 84.2 Å². The van der Waals surface area contributed by atoms with E-state index in [4.69, 9.17) is 5.73 Å². The van der Waals surface area contributed by atoms with Crippen molar-refractivity contribution >= 4 is 24.2 Å². The average Bonchev–Trinajstić information content (AvgIpc) is 3.31. The molecule has 22 heavy (non-hydrogen) atoms. The number of carbonyl (C=O) groups is 2. The third kappa shape index (κ3) is 5.31. The third-order valence-corrected chi connectivity index (χ3v) is 3.98. The van der Waals surface area contributed by atoms with Gasteiger partial charge >= 0.3 is 0 Å². The number of hydrogen-bond acceptors (Lipinski definition) is 3. The zero-order valence-corrected chi connectivity index (χ0v) is 13.6. The number of nitrogens with two attached hydrogens (primary N) is 1. The van der Waals surface area contributed by atoms with Crippen LogP contribution in [-0.2, 0) is 16.0 Å². The number of benzene rings is 1. The van der Waals surface area contributed by atoms with Gasteiger partial charge in [-0.1, -0.05) is 30.3 Å². The van der Waals surface area contributed by atoms with E-state index in [1.807, 2.05) is 37.3 Å². The Hall–Kier alpha value is -1.59. The fraction of sp³-hybridized carbons (Fsp3) is 0.500. The van der Waals surface area contributed by atoms with Crippen LogP contribution in [-0.4, -0.2) is 30.4 Å². The summed E-state index contributed by atoms with van der Waals surface area (Å²) in [4.78, 5) is 23.7. The predicted octanol–water partition coefficient (Wildman–Crippen LogP) is 1.01. The summed E-state index contributed by atoms with van der Waals surface area (Å²) >= 11 is 0. The smallest absolute Gasteiger partial charge is 0.239 e. The number of rotatable bonds is 7. The van der Waals surface area contributed by atoms with E-state index in [9.17, 15) is 9.59 Å². The lowest BCUT2D eigenvalue weighted by Gasteiger charge is -2.29. The first-order valence-corrected chi connectivity index (χ1v) is 7.35. The fourth-order valence-corrected chi connectivity index (χ4v) is 2.43. The van der Waals surface area contributed by atoms with Gasteiger partial charge < -0.3 is 16.4 Å². The van der Waals surface area contributed by atoms with Crippen molar-refractivity contribution in [3.05, 3.63) is 35.9 Å². The van der Waals surface area contributed by atoms with Crippen molar-refractivity contribution < 1.29 is 9.59 Å². The van der Waals surface area contributed by atoms with Gasteiger partial charge in [0, 0.05) is 6.54 Å². The molecule has 2 amide bonds. The van der Waals surface area contributed by atoms with E-state index in [0.29, 0.717) is 12.5 Å². The number of halogens is 1. The SMILES string of the molecule is CC(CN)(NC(=O)CNC(=O)Cc1ccccc1)C1CC1.Cl. The van der Waals surface area contributed by atoms with Crippen LogP contribution in [0.1, 0.15) is 25.3 Å².